The van der Waals surface area contributed by atoms with Crippen molar-refractivity contribution in [1.82, 2.24) is 5.32 Å². The molecule has 0 saturated carbocycles. The summed E-state index contributed by atoms with van der Waals surface area (Å²) < 4.78 is 24.8. The van der Waals surface area contributed by atoms with Gasteiger partial charge in [0.1, 0.15) is 11.4 Å². The van der Waals surface area contributed by atoms with Crippen molar-refractivity contribution < 1.29 is 33.0 Å². The van der Waals surface area contributed by atoms with Crippen LogP contribution in [0.3, 0.4) is 0 Å². The van der Waals surface area contributed by atoms with Crippen molar-refractivity contribution in [1.29, 1.82) is 0 Å². The summed E-state index contributed by atoms with van der Waals surface area (Å²) in [6, 6.07) is 8.64. The smallest absolute Gasteiger partial charge is 0.336 e. The Hall–Kier alpha value is -4.01. The maximum atomic E-state index is 14.2. The van der Waals surface area contributed by atoms with Crippen LogP contribution >= 0.6 is 0 Å². The number of rotatable bonds is 6. The average molecular weight is 426 g/mol. The molecule has 0 radical (unpaired) electrons. The molecule has 1 N–H and O–H groups in total. The number of nitrogens with zero attached hydrogens (tertiary/aromatic N) is 1. The zero-order valence-corrected chi connectivity index (χ0v) is 16.8. The summed E-state index contributed by atoms with van der Waals surface area (Å²) >= 11 is 0. The van der Waals surface area contributed by atoms with Crippen molar-refractivity contribution >= 4 is 35.6 Å². The monoisotopic (exact) mass is 426 g/mol. The van der Waals surface area contributed by atoms with E-state index in [0.717, 1.165) is 6.07 Å². The molecular weight excluding hydrogens is 407 g/mol. The Morgan fingerprint density at radius 2 is 1.84 bits per heavy atom. The molecular formula is C22H19FN2O6. The van der Waals surface area contributed by atoms with E-state index in [-0.39, 0.29) is 35.8 Å². The molecule has 0 spiro atoms. The highest BCUT2D eigenvalue weighted by molar-refractivity contribution is 6.39. The fourth-order valence-corrected chi connectivity index (χ4v) is 2.84. The Kier molecular flexibility index (Phi) is 6.44. The highest BCUT2D eigenvalue weighted by Gasteiger charge is 2.37. The largest absolute Gasteiger partial charge is 0.490 e. The van der Waals surface area contributed by atoms with Crippen LogP contribution in [-0.2, 0) is 14.4 Å². The lowest BCUT2D eigenvalue weighted by Gasteiger charge is -2.26. The standard InChI is InChI=1S/C22H19FN2O6/c1-3-19(26)31-17-10-9-13(12-18(17)30-4-2)11-14-20(27)24-22(29)25(21(14)28)16-8-6-5-7-15(16)23/h5-12H,3-4H2,1-2H3,(H,24,27,29)/b14-11-. The van der Waals surface area contributed by atoms with Crippen molar-refractivity contribution in [2.75, 3.05) is 11.5 Å². The van der Waals surface area contributed by atoms with Gasteiger partial charge in [-0.05, 0) is 42.8 Å². The van der Waals surface area contributed by atoms with Crippen LogP contribution in [0, 0.1) is 5.82 Å². The molecule has 0 bridgehead atoms. The molecule has 8 nitrogen and oxygen atoms in total. The number of esters is 1. The van der Waals surface area contributed by atoms with Crippen LogP contribution in [0.5, 0.6) is 11.5 Å². The second-order valence-electron chi connectivity index (χ2n) is 6.38. The predicted molar refractivity (Wildman–Crippen MR) is 109 cm³/mol. The van der Waals surface area contributed by atoms with Crippen LogP contribution in [0.1, 0.15) is 25.8 Å². The van der Waals surface area contributed by atoms with Gasteiger partial charge in [0.2, 0.25) is 0 Å². The van der Waals surface area contributed by atoms with Gasteiger partial charge in [-0.2, -0.15) is 0 Å². The van der Waals surface area contributed by atoms with Crippen molar-refractivity contribution in [2.24, 2.45) is 0 Å². The lowest BCUT2D eigenvalue weighted by Crippen LogP contribution is -2.54. The maximum Gasteiger partial charge on any atom is 0.336 e. The lowest BCUT2D eigenvalue weighted by atomic mass is 10.1. The third-order valence-corrected chi connectivity index (χ3v) is 4.29. The number of urea groups is 1. The van der Waals surface area contributed by atoms with Crippen LogP contribution in [0.15, 0.2) is 48.0 Å². The Labute approximate surface area is 177 Å². The number of benzene rings is 2. The van der Waals surface area contributed by atoms with Crippen LogP contribution in [-0.4, -0.2) is 30.4 Å². The molecule has 4 amide bonds. The molecule has 2 aromatic carbocycles. The summed E-state index contributed by atoms with van der Waals surface area (Å²) in [6.07, 6.45) is 1.41. The Balaban J connectivity index is 1.99. The van der Waals surface area contributed by atoms with E-state index in [0.29, 0.717) is 10.5 Å². The SMILES string of the molecule is CCOc1cc(/C=C2/C(=O)NC(=O)N(c3ccccc3F)C2=O)ccc1OC(=O)CC. The minimum Gasteiger partial charge on any atom is -0.490 e. The Bertz CT molecular complexity index is 1100. The second-order valence-corrected chi connectivity index (χ2v) is 6.38. The molecule has 1 heterocycles. The third kappa shape index (κ3) is 4.61. The molecule has 0 atom stereocenters. The molecule has 3 rings (SSSR count). The zero-order chi connectivity index (χ0) is 22.5. The minimum atomic E-state index is -1.05. The van der Waals surface area contributed by atoms with E-state index < -0.39 is 29.6 Å². The highest BCUT2D eigenvalue weighted by atomic mass is 19.1. The Morgan fingerprint density at radius 3 is 2.52 bits per heavy atom. The number of barbiturate groups is 1. The van der Waals surface area contributed by atoms with Gasteiger partial charge < -0.3 is 9.47 Å². The van der Waals surface area contributed by atoms with Crippen LogP contribution < -0.4 is 19.7 Å². The molecule has 0 unspecified atom stereocenters. The topological polar surface area (TPSA) is 102 Å². The molecule has 2 aromatic rings. The summed E-state index contributed by atoms with van der Waals surface area (Å²) in [5.74, 6) is -2.70. The predicted octanol–water partition coefficient (Wildman–Crippen LogP) is 3.21. The van der Waals surface area contributed by atoms with Gasteiger partial charge in [-0.25, -0.2) is 14.1 Å². The van der Waals surface area contributed by atoms with E-state index in [4.69, 9.17) is 9.47 Å². The highest BCUT2D eigenvalue weighted by Crippen LogP contribution is 2.31. The number of ether oxygens (including phenoxy) is 2. The first-order valence-corrected chi connectivity index (χ1v) is 9.49. The molecule has 160 valence electrons. The van der Waals surface area contributed by atoms with Crippen molar-refractivity contribution in [3.05, 3.63) is 59.4 Å². The first-order valence-electron chi connectivity index (χ1n) is 9.49. The summed E-state index contributed by atoms with van der Waals surface area (Å²) in [4.78, 5) is 49.5. The van der Waals surface area contributed by atoms with Crippen molar-refractivity contribution in [3.8, 4) is 11.5 Å². The van der Waals surface area contributed by atoms with E-state index in [1.165, 1.54) is 42.5 Å². The van der Waals surface area contributed by atoms with Crippen molar-refractivity contribution in [2.45, 2.75) is 20.3 Å². The summed E-state index contributed by atoms with van der Waals surface area (Å²) in [6.45, 7) is 3.68. The molecule has 0 aromatic heterocycles. The van der Waals surface area contributed by atoms with Gasteiger partial charge in [0, 0.05) is 6.42 Å². The van der Waals surface area contributed by atoms with E-state index >= 15 is 0 Å². The van der Waals surface area contributed by atoms with E-state index in [1.54, 1.807) is 13.8 Å². The fraction of sp³-hybridized carbons (Fsp3) is 0.182. The number of para-hydroxylation sites is 1. The van der Waals surface area contributed by atoms with E-state index in [1.807, 2.05) is 5.32 Å². The summed E-state index contributed by atoms with van der Waals surface area (Å²) in [7, 11) is 0. The molecule has 9 heteroatoms. The molecule has 1 fully saturated rings. The number of anilines is 1. The number of carbonyl (C=O) groups is 4. The van der Waals surface area contributed by atoms with Gasteiger partial charge in [-0.1, -0.05) is 25.1 Å². The number of amides is 4. The van der Waals surface area contributed by atoms with Crippen molar-refractivity contribution in [3.63, 3.8) is 0 Å². The van der Waals surface area contributed by atoms with Gasteiger partial charge >= 0.3 is 12.0 Å². The van der Waals surface area contributed by atoms with Crippen LogP contribution in [0.25, 0.3) is 6.08 Å². The molecule has 1 aliphatic heterocycles. The van der Waals surface area contributed by atoms with Gasteiger partial charge in [0.25, 0.3) is 11.8 Å². The number of nitrogens with one attached hydrogen (secondary N) is 1. The number of halogens is 1. The van der Waals surface area contributed by atoms with Gasteiger partial charge in [-0.15, -0.1) is 0 Å². The quantitative estimate of drug-likeness (QED) is 0.329. The number of imide groups is 2. The average Bonchev–Trinajstić information content (AvgIpc) is 2.74. The molecule has 0 aliphatic carbocycles. The number of hydrogen-bond acceptors (Lipinski definition) is 6. The van der Waals surface area contributed by atoms with Gasteiger partial charge in [-0.3, -0.25) is 19.7 Å². The number of carbonyl (C=O) groups excluding carboxylic acids is 4. The normalized spacial score (nSPS) is 15.1. The molecule has 31 heavy (non-hydrogen) atoms. The first-order chi connectivity index (χ1) is 14.8. The zero-order valence-electron chi connectivity index (χ0n) is 16.8. The first kappa shape index (κ1) is 21.7. The second kappa shape index (κ2) is 9.21. The summed E-state index contributed by atoms with van der Waals surface area (Å²) in [5.41, 5.74) is -0.273. The van der Waals surface area contributed by atoms with Crippen LogP contribution in [0.2, 0.25) is 0 Å². The Morgan fingerprint density at radius 1 is 1.10 bits per heavy atom. The number of hydrogen-bond donors (Lipinski definition) is 1. The minimum absolute atomic E-state index is 0.173. The molecule has 1 aliphatic rings. The van der Waals surface area contributed by atoms with Gasteiger partial charge in [0.15, 0.2) is 11.5 Å². The van der Waals surface area contributed by atoms with Crippen LogP contribution in [0.4, 0.5) is 14.9 Å². The van der Waals surface area contributed by atoms with Gasteiger partial charge in [0.05, 0.1) is 12.3 Å². The maximum absolute atomic E-state index is 14.2. The summed E-state index contributed by atoms with van der Waals surface area (Å²) in [5, 5.41) is 2.03. The lowest BCUT2D eigenvalue weighted by molar-refractivity contribution is -0.134. The molecule has 1 saturated heterocycles. The van der Waals surface area contributed by atoms with E-state index in [2.05, 4.69) is 0 Å². The third-order valence-electron chi connectivity index (χ3n) is 4.29. The van der Waals surface area contributed by atoms with E-state index in [9.17, 15) is 23.6 Å². The fourth-order valence-electron chi connectivity index (χ4n) is 2.84.